The molecular formula is C17H14N2O2. The summed E-state index contributed by atoms with van der Waals surface area (Å²) in [5, 5.41) is 11.5. The van der Waals surface area contributed by atoms with E-state index in [4.69, 9.17) is 10.00 Å². The highest BCUT2D eigenvalue weighted by atomic mass is 16.5. The number of ether oxygens (including phenoxy) is 1. The van der Waals surface area contributed by atoms with Crippen molar-refractivity contribution in [3.05, 3.63) is 65.7 Å². The van der Waals surface area contributed by atoms with E-state index in [0.717, 1.165) is 11.3 Å². The van der Waals surface area contributed by atoms with Gasteiger partial charge in [0.2, 0.25) is 5.91 Å². The van der Waals surface area contributed by atoms with Crippen LogP contribution in [0.5, 0.6) is 5.75 Å². The van der Waals surface area contributed by atoms with E-state index in [1.54, 1.807) is 37.5 Å². The fourth-order valence-electron chi connectivity index (χ4n) is 1.77. The van der Waals surface area contributed by atoms with Crippen LogP contribution in [0.1, 0.15) is 11.1 Å². The van der Waals surface area contributed by atoms with Crippen LogP contribution in [0.15, 0.2) is 54.6 Å². The summed E-state index contributed by atoms with van der Waals surface area (Å²) in [6, 6.07) is 16.2. The molecule has 2 rings (SSSR count). The van der Waals surface area contributed by atoms with Crippen LogP contribution in [-0.4, -0.2) is 13.0 Å². The molecule has 21 heavy (non-hydrogen) atoms. The Hall–Kier alpha value is -3.06. The van der Waals surface area contributed by atoms with E-state index >= 15 is 0 Å². The van der Waals surface area contributed by atoms with Gasteiger partial charge in [0.1, 0.15) is 5.75 Å². The van der Waals surface area contributed by atoms with E-state index in [2.05, 4.69) is 5.32 Å². The van der Waals surface area contributed by atoms with Crippen LogP contribution in [0, 0.1) is 11.3 Å². The molecule has 2 aromatic rings. The van der Waals surface area contributed by atoms with Crippen molar-refractivity contribution in [3.8, 4) is 11.8 Å². The molecule has 2 aromatic carbocycles. The fourth-order valence-corrected chi connectivity index (χ4v) is 1.77. The molecule has 0 atom stereocenters. The normalized spacial score (nSPS) is 10.1. The SMILES string of the molecule is COc1cccc(/C=C/C(=O)Nc2cccc(C#N)c2)c1. The van der Waals surface area contributed by atoms with Crippen LogP contribution >= 0.6 is 0 Å². The van der Waals surface area contributed by atoms with Gasteiger partial charge in [-0.05, 0) is 42.0 Å². The van der Waals surface area contributed by atoms with Gasteiger partial charge in [0, 0.05) is 11.8 Å². The minimum atomic E-state index is -0.257. The van der Waals surface area contributed by atoms with Crippen LogP contribution in [-0.2, 0) is 4.79 Å². The second-order valence-electron chi connectivity index (χ2n) is 4.29. The van der Waals surface area contributed by atoms with E-state index < -0.39 is 0 Å². The van der Waals surface area contributed by atoms with Gasteiger partial charge in [-0.25, -0.2) is 0 Å². The number of hydrogen-bond acceptors (Lipinski definition) is 3. The number of carbonyl (C=O) groups is 1. The molecule has 1 N–H and O–H groups in total. The van der Waals surface area contributed by atoms with Crippen molar-refractivity contribution in [1.29, 1.82) is 5.26 Å². The predicted octanol–water partition coefficient (Wildman–Crippen LogP) is 3.22. The van der Waals surface area contributed by atoms with Gasteiger partial charge in [0.25, 0.3) is 0 Å². The Morgan fingerprint density at radius 3 is 2.81 bits per heavy atom. The summed E-state index contributed by atoms with van der Waals surface area (Å²) in [6.07, 6.45) is 3.14. The second-order valence-corrected chi connectivity index (χ2v) is 4.29. The molecule has 4 nitrogen and oxygen atoms in total. The summed E-state index contributed by atoms with van der Waals surface area (Å²) >= 11 is 0. The first-order chi connectivity index (χ1) is 10.2. The van der Waals surface area contributed by atoms with Gasteiger partial charge in [-0.1, -0.05) is 18.2 Å². The van der Waals surface area contributed by atoms with Gasteiger partial charge >= 0.3 is 0 Å². The molecule has 0 aromatic heterocycles. The lowest BCUT2D eigenvalue weighted by molar-refractivity contribution is -0.111. The van der Waals surface area contributed by atoms with Crippen molar-refractivity contribution >= 4 is 17.7 Å². The third-order valence-electron chi connectivity index (χ3n) is 2.78. The highest BCUT2D eigenvalue weighted by Crippen LogP contribution is 2.14. The maximum absolute atomic E-state index is 11.8. The quantitative estimate of drug-likeness (QED) is 0.873. The standard InChI is InChI=1S/C17H14N2O2/c1-21-16-7-3-4-13(11-16)8-9-17(20)19-15-6-2-5-14(10-15)12-18/h2-11H,1H3,(H,19,20)/b9-8+. The molecule has 0 saturated carbocycles. The highest BCUT2D eigenvalue weighted by molar-refractivity contribution is 6.02. The zero-order chi connectivity index (χ0) is 15.1. The molecule has 0 aliphatic heterocycles. The van der Waals surface area contributed by atoms with Crippen molar-refractivity contribution < 1.29 is 9.53 Å². The number of carbonyl (C=O) groups excluding carboxylic acids is 1. The molecule has 0 unspecified atom stereocenters. The number of rotatable bonds is 4. The smallest absolute Gasteiger partial charge is 0.248 e. The van der Waals surface area contributed by atoms with Gasteiger partial charge in [-0.2, -0.15) is 5.26 Å². The molecule has 4 heteroatoms. The van der Waals surface area contributed by atoms with Crippen LogP contribution in [0.3, 0.4) is 0 Å². The van der Waals surface area contributed by atoms with E-state index in [1.165, 1.54) is 6.08 Å². The van der Waals surface area contributed by atoms with Gasteiger partial charge < -0.3 is 10.1 Å². The monoisotopic (exact) mass is 278 g/mol. The van der Waals surface area contributed by atoms with Crippen molar-refractivity contribution in [2.24, 2.45) is 0 Å². The number of hydrogen-bond donors (Lipinski definition) is 1. The van der Waals surface area contributed by atoms with Gasteiger partial charge in [-0.15, -0.1) is 0 Å². The minimum Gasteiger partial charge on any atom is -0.497 e. The number of nitrogens with zero attached hydrogens (tertiary/aromatic N) is 1. The van der Waals surface area contributed by atoms with E-state index in [0.29, 0.717) is 11.3 Å². The summed E-state index contributed by atoms with van der Waals surface area (Å²) in [4.78, 5) is 11.8. The number of methoxy groups -OCH3 is 1. The number of anilines is 1. The maximum Gasteiger partial charge on any atom is 0.248 e. The highest BCUT2D eigenvalue weighted by Gasteiger charge is 1.99. The Labute approximate surface area is 123 Å². The maximum atomic E-state index is 11.8. The van der Waals surface area contributed by atoms with Gasteiger partial charge in [0.05, 0.1) is 18.7 Å². The van der Waals surface area contributed by atoms with Crippen molar-refractivity contribution in [2.45, 2.75) is 0 Å². The summed E-state index contributed by atoms with van der Waals surface area (Å²) in [5.74, 6) is 0.479. The molecule has 104 valence electrons. The van der Waals surface area contributed by atoms with Crippen LogP contribution < -0.4 is 10.1 Å². The Morgan fingerprint density at radius 2 is 2.05 bits per heavy atom. The molecule has 0 heterocycles. The average Bonchev–Trinajstić information content (AvgIpc) is 2.53. The number of nitrogens with one attached hydrogen (secondary N) is 1. The number of amides is 1. The van der Waals surface area contributed by atoms with Gasteiger partial charge in [0.15, 0.2) is 0 Å². The zero-order valence-corrected chi connectivity index (χ0v) is 11.5. The first kappa shape index (κ1) is 14.4. The molecule has 0 radical (unpaired) electrons. The summed E-state index contributed by atoms with van der Waals surface area (Å²) in [5.41, 5.74) is 1.97. The molecule has 0 spiro atoms. The lowest BCUT2D eigenvalue weighted by Gasteiger charge is -2.02. The molecular weight excluding hydrogens is 264 g/mol. The Balaban J connectivity index is 2.03. The predicted molar refractivity (Wildman–Crippen MR) is 81.8 cm³/mol. The Bertz CT molecular complexity index is 715. The first-order valence-electron chi connectivity index (χ1n) is 6.34. The molecule has 0 saturated heterocycles. The Morgan fingerprint density at radius 1 is 1.24 bits per heavy atom. The van der Waals surface area contributed by atoms with E-state index in [1.807, 2.05) is 30.3 Å². The van der Waals surface area contributed by atoms with E-state index in [-0.39, 0.29) is 5.91 Å². The van der Waals surface area contributed by atoms with Crippen LogP contribution in [0.4, 0.5) is 5.69 Å². The molecule has 0 fully saturated rings. The van der Waals surface area contributed by atoms with E-state index in [9.17, 15) is 4.79 Å². The van der Waals surface area contributed by atoms with Crippen LogP contribution in [0.25, 0.3) is 6.08 Å². The summed E-state index contributed by atoms with van der Waals surface area (Å²) in [7, 11) is 1.59. The summed E-state index contributed by atoms with van der Waals surface area (Å²) in [6.45, 7) is 0. The molecule has 0 aliphatic carbocycles. The van der Waals surface area contributed by atoms with Gasteiger partial charge in [-0.3, -0.25) is 4.79 Å². The lowest BCUT2D eigenvalue weighted by atomic mass is 10.2. The third-order valence-corrected chi connectivity index (χ3v) is 2.78. The molecule has 1 amide bonds. The third kappa shape index (κ3) is 4.22. The topological polar surface area (TPSA) is 62.1 Å². The average molecular weight is 278 g/mol. The van der Waals surface area contributed by atoms with Crippen LogP contribution in [0.2, 0.25) is 0 Å². The second kappa shape index (κ2) is 6.92. The summed E-state index contributed by atoms with van der Waals surface area (Å²) < 4.78 is 5.12. The Kier molecular flexibility index (Phi) is 4.73. The van der Waals surface area contributed by atoms with Crippen molar-refractivity contribution in [1.82, 2.24) is 0 Å². The lowest BCUT2D eigenvalue weighted by Crippen LogP contribution is -2.07. The fraction of sp³-hybridized carbons (Fsp3) is 0.0588. The zero-order valence-electron chi connectivity index (χ0n) is 11.5. The van der Waals surface area contributed by atoms with Crippen molar-refractivity contribution in [2.75, 3.05) is 12.4 Å². The first-order valence-corrected chi connectivity index (χ1v) is 6.34. The molecule has 0 bridgehead atoms. The molecule has 0 aliphatic rings. The largest absolute Gasteiger partial charge is 0.497 e. The van der Waals surface area contributed by atoms with Crippen molar-refractivity contribution in [3.63, 3.8) is 0 Å². The number of nitriles is 1. The number of benzene rings is 2. The minimum absolute atomic E-state index is 0.257.